The van der Waals surface area contributed by atoms with Gasteiger partial charge in [0.05, 0.1) is 0 Å². The summed E-state index contributed by atoms with van der Waals surface area (Å²) in [4.78, 5) is 18.8. The van der Waals surface area contributed by atoms with E-state index in [0.717, 1.165) is 12.2 Å². The minimum atomic E-state index is -1.37. The van der Waals surface area contributed by atoms with Gasteiger partial charge in [0.15, 0.2) is 0 Å². The van der Waals surface area contributed by atoms with Crippen molar-refractivity contribution in [3.63, 3.8) is 0 Å². The lowest BCUT2D eigenvalue weighted by Crippen LogP contribution is -2.25. The summed E-state index contributed by atoms with van der Waals surface area (Å²) in [5, 5.41) is 37.3. The Labute approximate surface area is 78.8 Å². The topological polar surface area (TPSA) is 127 Å². The standard InChI is InChI=1S/C6H10N2O6/c9-3-5(7(11)12)1-2-6(4-10)8(13)14/h1-2,5-6,9-10H,3-4H2. The monoisotopic (exact) mass is 206 g/mol. The molecule has 0 saturated carbocycles. The maximum absolute atomic E-state index is 10.2. The first-order valence-electron chi connectivity index (χ1n) is 3.70. The van der Waals surface area contributed by atoms with E-state index in [4.69, 9.17) is 10.2 Å². The summed E-state index contributed by atoms with van der Waals surface area (Å²) in [6.45, 7) is -1.47. The van der Waals surface area contributed by atoms with Gasteiger partial charge in [-0.2, -0.15) is 0 Å². The Balaban J connectivity index is 4.37. The van der Waals surface area contributed by atoms with Crippen LogP contribution in [-0.2, 0) is 0 Å². The highest BCUT2D eigenvalue weighted by Gasteiger charge is 2.19. The van der Waals surface area contributed by atoms with Crippen LogP contribution < -0.4 is 0 Å². The molecule has 8 heteroatoms. The van der Waals surface area contributed by atoms with E-state index in [1.807, 2.05) is 0 Å². The zero-order valence-electron chi connectivity index (χ0n) is 7.15. The zero-order chi connectivity index (χ0) is 11.1. The SMILES string of the molecule is O=[N+]([O-])C(C=CC(CO)[N+](=O)[O-])CO. The molecule has 0 spiro atoms. The largest absolute Gasteiger partial charge is 0.389 e. The third-order valence-electron chi connectivity index (χ3n) is 1.47. The smallest absolute Gasteiger partial charge is 0.254 e. The van der Waals surface area contributed by atoms with Crippen LogP contribution in [0.4, 0.5) is 0 Å². The van der Waals surface area contributed by atoms with Gasteiger partial charge < -0.3 is 10.2 Å². The Morgan fingerprint density at radius 1 is 1.00 bits per heavy atom. The molecule has 2 atom stereocenters. The number of hydrogen-bond acceptors (Lipinski definition) is 6. The van der Waals surface area contributed by atoms with Gasteiger partial charge in [0.25, 0.3) is 12.1 Å². The average molecular weight is 206 g/mol. The van der Waals surface area contributed by atoms with Crippen LogP contribution in [0.1, 0.15) is 0 Å². The second-order valence-corrected chi connectivity index (χ2v) is 2.46. The van der Waals surface area contributed by atoms with E-state index in [-0.39, 0.29) is 0 Å². The molecule has 0 fully saturated rings. The van der Waals surface area contributed by atoms with E-state index in [9.17, 15) is 20.2 Å². The molecule has 8 nitrogen and oxygen atoms in total. The number of rotatable bonds is 6. The fourth-order valence-electron chi connectivity index (χ4n) is 0.652. The predicted octanol–water partition coefficient (Wildman–Crippen LogP) is -1.18. The van der Waals surface area contributed by atoms with Crippen molar-refractivity contribution >= 4 is 0 Å². The lowest BCUT2D eigenvalue weighted by atomic mass is 10.2. The molecule has 2 unspecified atom stereocenters. The molecule has 0 rings (SSSR count). The van der Waals surface area contributed by atoms with Gasteiger partial charge in [-0.3, -0.25) is 20.2 Å². The quantitative estimate of drug-likeness (QED) is 0.320. The highest BCUT2D eigenvalue weighted by Crippen LogP contribution is 1.96. The molecule has 0 aromatic heterocycles. The molecule has 14 heavy (non-hydrogen) atoms. The number of hydrogen-bond donors (Lipinski definition) is 2. The van der Waals surface area contributed by atoms with Crippen molar-refractivity contribution in [1.82, 2.24) is 0 Å². The average Bonchev–Trinajstić information content (AvgIpc) is 2.11. The van der Waals surface area contributed by atoms with Crippen molar-refractivity contribution in [3.05, 3.63) is 32.4 Å². The second kappa shape index (κ2) is 6.00. The number of aliphatic hydroxyl groups is 2. The van der Waals surface area contributed by atoms with Gasteiger partial charge in [-0.1, -0.05) is 0 Å². The highest BCUT2D eigenvalue weighted by atomic mass is 16.6. The number of nitro groups is 2. The molecule has 0 aliphatic rings. The second-order valence-electron chi connectivity index (χ2n) is 2.46. The highest BCUT2D eigenvalue weighted by molar-refractivity contribution is 4.93. The molecule has 0 saturated heterocycles. The van der Waals surface area contributed by atoms with Crippen LogP contribution in [0.2, 0.25) is 0 Å². The summed E-state index contributed by atoms with van der Waals surface area (Å²) >= 11 is 0. The molecule has 0 aliphatic carbocycles. The first-order chi connectivity index (χ1) is 6.52. The Kier molecular flexibility index (Phi) is 5.34. The molecule has 80 valence electrons. The van der Waals surface area contributed by atoms with Crippen LogP contribution in [0.3, 0.4) is 0 Å². The van der Waals surface area contributed by atoms with Crippen LogP contribution >= 0.6 is 0 Å². The van der Waals surface area contributed by atoms with E-state index < -0.39 is 35.1 Å². The van der Waals surface area contributed by atoms with Gasteiger partial charge in [0.2, 0.25) is 0 Å². The summed E-state index contributed by atoms with van der Waals surface area (Å²) in [5.74, 6) is 0. The summed E-state index contributed by atoms with van der Waals surface area (Å²) < 4.78 is 0. The van der Waals surface area contributed by atoms with E-state index in [1.165, 1.54) is 0 Å². The fraction of sp³-hybridized carbons (Fsp3) is 0.667. The van der Waals surface area contributed by atoms with Crippen molar-refractivity contribution in [2.45, 2.75) is 12.1 Å². The van der Waals surface area contributed by atoms with Crippen molar-refractivity contribution in [2.24, 2.45) is 0 Å². The normalized spacial score (nSPS) is 15.3. The predicted molar refractivity (Wildman–Crippen MR) is 44.9 cm³/mol. The fourth-order valence-corrected chi connectivity index (χ4v) is 0.652. The molecular formula is C6H10N2O6. The van der Waals surface area contributed by atoms with Crippen LogP contribution in [-0.4, -0.2) is 45.4 Å². The van der Waals surface area contributed by atoms with E-state index in [1.54, 1.807) is 0 Å². The maximum atomic E-state index is 10.2. The van der Waals surface area contributed by atoms with Gasteiger partial charge in [-0.05, 0) is 12.2 Å². The molecule has 0 aliphatic heterocycles. The van der Waals surface area contributed by atoms with Crippen LogP contribution in [0.25, 0.3) is 0 Å². The first kappa shape index (κ1) is 12.5. The van der Waals surface area contributed by atoms with Gasteiger partial charge >= 0.3 is 0 Å². The van der Waals surface area contributed by atoms with Gasteiger partial charge in [0.1, 0.15) is 13.2 Å². The Morgan fingerprint density at radius 3 is 1.43 bits per heavy atom. The molecule has 2 N–H and O–H groups in total. The molecule has 0 aromatic carbocycles. The maximum Gasteiger partial charge on any atom is 0.254 e. The minimum Gasteiger partial charge on any atom is -0.389 e. The van der Waals surface area contributed by atoms with Crippen LogP contribution in [0.15, 0.2) is 12.2 Å². The summed E-state index contributed by atoms with van der Waals surface area (Å²) in [6.07, 6.45) is 1.79. The van der Waals surface area contributed by atoms with Crippen molar-refractivity contribution in [3.8, 4) is 0 Å². The van der Waals surface area contributed by atoms with Gasteiger partial charge in [-0.25, -0.2) is 0 Å². The summed E-state index contributed by atoms with van der Waals surface area (Å²) in [5.41, 5.74) is 0. The van der Waals surface area contributed by atoms with Crippen LogP contribution in [0, 0.1) is 20.2 Å². The Morgan fingerprint density at radius 2 is 1.29 bits per heavy atom. The number of aliphatic hydroxyl groups excluding tert-OH is 2. The van der Waals surface area contributed by atoms with Crippen LogP contribution in [0.5, 0.6) is 0 Å². The third kappa shape index (κ3) is 3.92. The molecular weight excluding hydrogens is 196 g/mol. The molecule has 0 aromatic rings. The van der Waals surface area contributed by atoms with Gasteiger partial charge in [-0.15, -0.1) is 0 Å². The third-order valence-corrected chi connectivity index (χ3v) is 1.47. The molecule has 0 bridgehead atoms. The molecule has 0 radical (unpaired) electrons. The zero-order valence-corrected chi connectivity index (χ0v) is 7.15. The lowest BCUT2D eigenvalue weighted by molar-refractivity contribution is -0.517. The minimum absolute atomic E-state index is 0.737. The molecule has 0 amide bonds. The van der Waals surface area contributed by atoms with E-state index in [2.05, 4.69) is 0 Å². The van der Waals surface area contributed by atoms with Crippen molar-refractivity contribution in [2.75, 3.05) is 13.2 Å². The van der Waals surface area contributed by atoms with Crippen molar-refractivity contribution in [1.29, 1.82) is 0 Å². The number of nitrogens with zero attached hydrogens (tertiary/aromatic N) is 2. The lowest BCUT2D eigenvalue weighted by Gasteiger charge is -2.01. The Bertz CT molecular complexity index is 216. The van der Waals surface area contributed by atoms with Crippen molar-refractivity contribution < 1.29 is 20.1 Å². The summed E-state index contributed by atoms with van der Waals surface area (Å²) in [6, 6.07) is -2.74. The van der Waals surface area contributed by atoms with Gasteiger partial charge in [0, 0.05) is 9.85 Å². The molecule has 0 heterocycles. The van der Waals surface area contributed by atoms with E-state index >= 15 is 0 Å². The Hall–Kier alpha value is -1.54. The first-order valence-corrected chi connectivity index (χ1v) is 3.70. The van der Waals surface area contributed by atoms with E-state index in [0.29, 0.717) is 0 Å². The summed E-state index contributed by atoms with van der Waals surface area (Å²) in [7, 11) is 0.